The van der Waals surface area contributed by atoms with Gasteiger partial charge in [0.05, 0.1) is 0 Å². The quantitative estimate of drug-likeness (QED) is 0.800. The highest BCUT2D eigenvalue weighted by Gasteiger charge is 2.23. The summed E-state index contributed by atoms with van der Waals surface area (Å²) < 4.78 is 0. The van der Waals surface area contributed by atoms with Crippen LogP contribution in [0.4, 0.5) is 11.5 Å². The van der Waals surface area contributed by atoms with Crippen LogP contribution in [0.25, 0.3) is 0 Å². The zero-order chi connectivity index (χ0) is 20.1. The Hall–Kier alpha value is -2.89. The van der Waals surface area contributed by atoms with E-state index in [2.05, 4.69) is 9.88 Å². The molecule has 0 N–H and O–H groups in total. The van der Waals surface area contributed by atoms with Gasteiger partial charge in [-0.2, -0.15) is 0 Å². The van der Waals surface area contributed by atoms with Gasteiger partial charge in [0.25, 0.3) is 0 Å². The van der Waals surface area contributed by atoms with Crippen molar-refractivity contribution in [2.45, 2.75) is 27.2 Å². The molecule has 2 amide bonds. The summed E-state index contributed by atoms with van der Waals surface area (Å²) in [6, 6.07) is 11.8. The third kappa shape index (κ3) is 4.50. The van der Waals surface area contributed by atoms with E-state index in [1.165, 1.54) is 0 Å². The molecule has 1 aliphatic rings. The predicted molar refractivity (Wildman–Crippen MR) is 112 cm³/mol. The number of amides is 2. The summed E-state index contributed by atoms with van der Waals surface area (Å²) in [5.74, 6) is 1.01. The maximum absolute atomic E-state index is 12.7. The summed E-state index contributed by atoms with van der Waals surface area (Å²) in [6.45, 7) is 8.91. The third-order valence-corrected chi connectivity index (χ3v) is 5.40. The molecule has 2 heterocycles. The molecular formula is C22H28N4O2. The minimum absolute atomic E-state index is 0.0403. The summed E-state index contributed by atoms with van der Waals surface area (Å²) in [6.07, 6.45) is 2.12. The van der Waals surface area contributed by atoms with Gasteiger partial charge in [0, 0.05) is 58.0 Å². The van der Waals surface area contributed by atoms with Crippen LogP contribution in [-0.4, -0.2) is 54.4 Å². The molecule has 6 nitrogen and oxygen atoms in total. The Morgan fingerprint density at radius 1 is 1.04 bits per heavy atom. The summed E-state index contributed by atoms with van der Waals surface area (Å²) >= 11 is 0. The molecule has 0 unspecified atom stereocenters. The van der Waals surface area contributed by atoms with Gasteiger partial charge in [-0.05, 0) is 43.2 Å². The summed E-state index contributed by atoms with van der Waals surface area (Å²) in [7, 11) is 0. The molecule has 1 aromatic carbocycles. The van der Waals surface area contributed by atoms with Gasteiger partial charge in [-0.25, -0.2) is 4.98 Å². The van der Waals surface area contributed by atoms with Crippen molar-refractivity contribution in [1.82, 2.24) is 9.88 Å². The highest BCUT2D eigenvalue weighted by atomic mass is 16.2. The summed E-state index contributed by atoms with van der Waals surface area (Å²) in [5.41, 5.74) is 3.11. The molecule has 1 saturated heterocycles. The number of nitrogens with zero attached hydrogens (tertiary/aromatic N) is 4. The van der Waals surface area contributed by atoms with Gasteiger partial charge in [0.1, 0.15) is 5.82 Å². The fraction of sp³-hybridized carbons (Fsp3) is 0.409. The van der Waals surface area contributed by atoms with Gasteiger partial charge in [0.2, 0.25) is 11.8 Å². The first-order chi connectivity index (χ1) is 13.5. The Morgan fingerprint density at radius 2 is 1.79 bits per heavy atom. The average Bonchev–Trinajstić information content (AvgIpc) is 2.71. The van der Waals surface area contributed by atoms with E-state index in [4.69, 9.17) is 0 Å². The molecule has 0 aliphatic carbocycles. The second-order valence-electron chi connectivity index (χ2n) is 7.20. The van der Waals surface area contributed by atoms with Crippen LogP contribution in [0.15, 0.2) is 42.6 Å². The lowest BCUT2D eigenvalue weighted by Gasteiger charge is -2.35. The Labute approximate surface area is 166 Å². The number of aromatic nitrogens is 1. The standard InChI is InChI=1S/C22H28N4O2/c1-17-7-6-8-20(18(17)2)26(19(3)27)12-10-22(28)25-15-13-24(14-16-25)21-9-4-5-11-23-21/h4-9,11H,10,12-16H2,1-3H3. The van der Waals surface area contributed by atoms with E-state index in [9.17, 15) is 9.59 Å². The van der Waals surface area contributed by atoms with Crippen molar-refractivity contribution in [1.29, 1.82) is 0 Å². The molecule has 2 aromatic rings. The first kappa shape index (κ1) is 19.9. The fourth-order valence-electron chi connectivity index (χ4n) is 3.57. The van der Waals surface area contributed by atoms with E-state index < -0.39 is 0 Å². The zero-order valence-electron chi connectivity index (χ0n) is 16.9. The normalized spacial score (nSPS) is 14.1. The van der Waals surface area contributed by atoms with E-state index in [1.54, 1.807) is 18.0 Å². The van der Waals surface area contributed by atoms with Crippen LogP contribution in [0.2, 0.25) is 0 Å². The maximum atomic E-state index is 12.7. The van der Waals surface area contributed by atoms with E-state index in [0.29, 0.717) is 26.1 Å². The number of rotatable bonds is 5. The number of hydrogen-bond acceptors (Lipinski definition) is 4. The van der Waals surface area contributed by atoms with Crippen molar-refractivity contribution in [3.05, 3.63) is 53.7 Å². The van der Waals surface area contributed by atoms with E-state index in [1.807, 2.05) is 55.1 Å². The molecule has 0 radical (unpaired) electrons. The molecule has 28 heavy (non-hydrogen) atoms. The molecule has 148 valence electrons. The molecule has 0 bridgehead atoms. The highest BCUT2D eigenvalue weighted by molar-refractivity contribution is 5.93. The van der Waals surface area contributed by atoms with Crippen LogP contribution in [0, 0.1) is 13.8 Å². The number of hydrogen-bond donors (Lipinski definition) is 0. The topological polar surface area (TPSA) is 56.8 Å². The minimum Gasteiger partial charge on any atom is -0.353 e. The molecule has 0 atom stereocenters. The first-order valence-electron chi connectivity index (χ1n) is 9.75. The molecule has 0 saturated carbocycles. The molecular weight excluding hydrogens is 352 g/mol. The lowest BCUT2D eigenvalue weighted by Crippen LogP contribution is -2.49. The van der Waals surface area contributed by atoms with Crippen LogP contribution >= 0.6 is 0 Å². The summed E-state index contributed by atoms with van der Waals surface area (Å²) in [5, 5.41) is 0. The monoisotopic (exact) mass is 380 g/mol. The largest absolute Gasteiger partial charge is 0.353 e. The number of pyridine rings is 1. The average molecular weight is 380 g/mol. The van der Waals surface area contributed by atoms with Crippen LogP contribution in [-0.2, 0) is 9.59 Å². The van der Waals surface area contributed by atoms with Crippen LogP contribution in [0.3, 0.4) is 0 Å². The van der Waals surface area contributed by atoms with Crippen molar-refractivity contribution in [3.63, 3.8) is 0 Å². The molecule has 3 rings (SSSR count). The number of anilines is 2. The van der Waals surface area contributed by atoms with Crippen molar-refractivity contribution in [2.24, 2.45) is 0 Å². The zero-order valence-corrected chi connectivity index (χ0v) is 16.9. The summed E-state index contributed by atoms with van der Waals surface area (Å²) in [4.78, 5) is 35.1. The first-order valence-corrected chi connectivity index (χ1v) is 9.75. The molecule has 1 aromatic heterocycles. The van der Waals surface area contributed by atoms with Gasteiger partial charge in [0.15, 0.2) is 0 Å². The number of aryl methyl sites for hydroxylation is 1. The van der Waals surface area contributed by atoms with Crippen LogP contribution < -0.4 is 9.80 Å². The van der Waals surface area contributed by atoms with Gasteiger partial charge >= 0.3 is 0 Å². The SMILES string of the molecule is CC(=O)N(CCC(=O)N1CCN(c2ccccn2)CC1)c1cccc(C)c1C. The van der Waals surface area contributed by atoms with Gasteiger partial charge in [-0.1, -0.05) is 18.2 Å². The van der Waals surface area contributed by atoms with E-state index in [0.717, 1.165) is 35.7 Å². The lowest BCUT2D eigenvalue weighted by atomic mass is 10.1. The Morgan fingerprint density at radius 3 is 2.43 bits per heavy atom. The van der Waals surface area contributed by atoms with Crippen molar-refractivity contribution in [3.8, 4) is 0 Å². The fourth-order valence-corrected chi connectivity index (χ4v) is 3.57. The number of piperazine rings is 1. The molecule has 1 aliphatic heterocycles. The van der Waals surface area contributed by atoms with Crippen LogP contribution in [0.5, 0.6) is 0 Å². The second kappa shape index (κ2) is 8.87. The van der Waals surface area contributed by atoms with Crippen molar-refractivity contribution < 1.29 is 9.59 Å². The molecule has 0 spiro atoms. The second-order valence-corrected chi connectivity index (χ2v) is 7.20. The molecule has 6 heteroatoms. The predicted octanol–water partition coefficient (Wildman–Crippen LogP) is 2.79. The smallest absolute Gasteiger partial charge is 0.224 e. The van der Waals surface area contributed by atoms with Crippen molar-refractivity contribution >= 4 is 23.3 Å². The van der Waals surface area contributed by atoms with Gasteiger partial charge in [-0.15, -0.1) is 0 Å². The van der Waals surface area contributed by atoms with Crippen LogP contribution in [0.1, 0.15) is 24.5 Å². The minimum atomic E-state index is -0.0403. The number of carbonyl (C=O) groups excluding carboxylic acids is 2. The van der Waals surface area contributed by atoms with E-state index in [-0.39, 0.29) is 11.8 Å². The highest BCUT2D eigenvalue weighted by Crippen LogP contribution is 2.23. The number of benzene rings is 1. The maximum Gasteiger partial charge on any atom is 0.224 e. The number of carbonyl (C=O) groups is 2. The van der Waals surface area contributed by atoms with E-state index >= 15 is 0 Å². The Bertz CT molecular complexity index is 830. The Kier molecular flexibility index (Phi) is 6.29. The Balaban J connectivity index is 1.57. The molecule has 1 fully saturated rings. The lowest BCUT2D eigenvalue weighted by molar-refractivity contribution is -0.131. The third-order valence-electron chi connectivity index (χ3n) is 5.40. The van der Waals surface area contributed by atoms with Gasteiger partial charge in [-0.3, -0.25) is 9.59 Å². The van der Waals surface area contributed by atoms with Crippen molar-refractivity contribution in [2.75, 3.05) is 42.5 Å². The van der Waals surface area contributed by atoms with Gasteiger partial charge < -0.3 is 14.7 Å².